The fourth-order valence-corrected chi connectivity index (χ4v) is 1.08. The summed E-state index contributed by atoms with van der Waals surface area (Å²) in [4.78, 5) is 25.9. The summed E-state index contributed by atoms with van der Waals surface area (Å²) in [7, 11) is 0. The minimum absolute atomic E-state index is 0.127. The molecule has 0 radical (unpaired) electrons. The number of amides is 2. The molecule has 1 aromatic heterocycles. The van der Waals surface area contributed by atoms with Gasteiger partial charge in [0.15, 0.2) is 5.75 Å². The third-order valence-electron chi connectivity index (χ3n) is 1.79. The third-order valence-corrected chi connectivity index (χ3v) is 1.79. The summed E-state index contributed by atoms with van der Waals surface area (Å²) in [6, 6.07) is 2.68. The van der Waals surface area contributed by atoms with Crippen LogP contribution in [0.3, 0.4) is 0 Å². The van der Waals surface area contributed by atoms with E-state index in [1.807, 2.05) is 5.32 Å². The first kappa shape index (κ1) is 14.7. The fourth-order valence-electron chi connectivity index (χ4n) is 1.08. The number of imide groups is 1. The summed E-state index contributed by atoms with van der Waals surface area (Å²) in [6.07, 6.45) is -1.21. The van der Waals surface area contributed by atoms with Crippen LogP contribution in [0.4, 0.5) is 4.79 Å². The fraction of sp³-hybridized carbons (Fsp3) is 0.364. The highest BCUT2D eigenvalue weighted by molar-refractivity contribution is 5.93. The van der Waals surface area contributed by atoms with E-state index in [4.69, 9.17) is 10.5 Å². The third kappa shape index (κ3) is 4.80. The van der Waals surface area contributed by atoms with E-state index in [0.717, 1.165) is 0 Å². The number of carbonyl (C=O) groups excluding carboxylic acids is 2. The van der Waals surface area contributed by atoms with Crippen LogP contribution in [0.2, 0.25) is 0 Å². The van der Waals surface area contributed by atoms with Crippen molar-refractivity contribution in [3.05, 3.63) is 12.1 Å². The zero-order valence-electron chi connectivity index (χ0n) is 10.5. The van der Waals surface area contributed by atoms with Gasteiger partial charge in [-0.05, 0) is 19.9 Å². The molecule has 0 bridgehead atoms. The second-order valence-corrected chi connectivity index (χ2v) is 3.78. The van der Waals surface area contributed by atoms with Crippen LogP contribution in [0.5, 0.6) is 17.5 Å². The minimum atomic E-state index is -1.08. The van der Waals surface area contributed by atoms with Gasteiger partial charge in [-0.2, -0.15) is 4.98 Å². The average Bonchev–Trinajstić information content (AvgIpc) is 2.32. The van der Waals surface area contributed by atoms with Gasteiger partial charge < -0.3 is 20.3 Å². The maximum Gasteiger partial charge on any atom is 0.420 e. The number of carbonyl (C=O) groups is 2. The number of ether oxygens (including phenoxy) is 2. The first-order valence-electron chi connectivity index (χ1n) is 5.50. The lowest BCUT2D eigenvalue weighted by Gasteiger charge is -2.10. The summed E-state index contributed by atoms with van der Waals surface area (Å²) in [5.74, 6) is -1.24. The lowest BCUT2D eigenvalue weighted by molar-refractivity contribution is -0.118. The summed E-state index contributed by atoms with van der Waals surface area (Å²) in [5.41, 5.74) is 5.02. The van der Waals surface area contributed by atoms with Gasteiger partial charge in [0.05, 0.1) is 12.6 Å². The number of aromatic hydroxyl groups is 1. The normalized spacial score (nSPS) is 10.1. The number of nitrogens with one attached hydrogen (secondary N) is 1. The van der Waals surface area contributed by atoms with Gasteiger partial charge in [0.1, 0.15) is 0 Å². The van der Waals surface area contributed by atoms with Gasteiger partial charge in [-0.3, -0.25) is 10.1 Å². The molecule has 1 heterocycles. The molecule has 0 saturated carbocycles. The Hall–Kier alpha value is -2.35. The van der Waals surface area contributed by atoms with E-state index in [0.29, 0.717) is 0 Å². The van der Waals surface area contributed by atoms with Crippen LogP contribution in [-0.2, 0) is 4.79 Å². The largest absolute Gasteiger partial charge is 0.503 e. The van der Waals surface area contributed by atoms with Crippen molar-refractivity contribution in [2.75, 3.05) is 6.54 Å². The molecule has 0 aliphatic carbocycles. The van der Waals surface area contributed by atoms with Crippen LogP contribution in [0.15, 0.2) is 12.1 Å². The van der Waals surface area contributed by atoms with Crippen LogP contribution >= 0.6 is 0 Å². The molecule has 8 heteroatoms. The predicted octanol–water partition coefficient (Wildman–Crippen LogP) is 0.148. The number of aromatic nitrogens is 1. The molecule has 1 aromatic rings. The highest BCUT2D eigenvalue weighted by atomic mass is 16.6. The molecule has 0 unspecified atom stereocenters. The van der Waals surface area contributed by atoms with Gasteiger partial charge in [-0.25, -0.2) is 4.79 Å². The van der Waals surface area contributed by atoms with Crippen molar-refractivity contribution in [3.63, 3.8) is 0 Å². The van der Waals surface area contributed by atoms with E-state index in [-0.39, 0.29) is 30.2 Å². The Morgan fingerprint density at radius 2 is 2.16 bits per heavy atom. The van der Waals surface area contributed by atoms with Crippen LogP contribution in [0.25, 0.3) is 0 Å². The van der Waals surface area contributed by atoms with Crippen molar-refractivity contribution in [2.45, 2.75) is 20.0 Å². The van der Waals surface area contributed by atoms with Crippen LogP contribution in [0, 0.1) is 0 Å². The Bertz CT molecular complexity index is 475. The second kappa shape index (κ2) is 6.55. The van der Waals surface area contributed by atoms with Crippen molar-refractivity contribution < 1.29 is 24.2 Å². The summed E-state index contributed by atoms with van der Waals surface area (Å²) in [5, 5.41) is 11.3. The Labute approximate surface area is 109 Å². The van der Waals surface area contributed by atoms with Gasteiger partial charge in [0, 0.05) is 6.07 Å². The quantitative estimate of drug-likeness (QED) is 0.710. The van der Waals surface area contributed by atoms with Crippen molar-refractivity contribution in [1.82, 2.24) is 10.3 Å². The van der Waals surface area contributed by atoms with Crippen LogP contribution < -0.4 is 20.5 Å². The van der Waals surface area contributed by atoms with Crippen molar-refractivity contribution >= 4 is 12.0 Å². The SMILES string of the molecule is CC(C)Oc1ccc(O)c(OC(=O)NC(=O)CN)n1. The Morgan fingerprint density at radius 3 is 2.74 bits per heavy atom. The number of pyridine rings is 1. The molecule has 19 heavy (non-hydrogen) atoms. The van der Waals surface area contributed by atoms with E-state index in [1.165, 1.54) is 12.1 Å². The van der Waals surface area contributed by atoms with Crippen LogP contribution in [-0.4, -0.2) is 34.7 Å². The van der Waals surface area contributed by atoms with Gasteiger partial charge >= 0.3 is 6.09 Å². The van der Waals surface area contributed by atoms with Gasteiger partial charge in [-0.1, -0.05) is 0 Å². The first-order valence-corrected chi connectivity index (χ1v) is 5.50. The first-order chi connectivity index (χ1) is 8.92. The molecule has 0 fully saturated rings. The molecule has 0 aliphatic rings. The molecule has 0 spiro atoms. The molecular formula is C11H15N3O5. The molecule has 1 rings (SSSR count). The van der Waals surface area contributed by atoms with E-state index in [1.54, 1.807) is 13.8 Å². The molecule has 104 valence electrons. The Kier molecular flexibility index (Phi) is 5.07. The van der Waals surface area contributed by atoms with E-state index in [9.17, 15) is 14.7 Å². The highest BCUT2D eigenvalue weighted by Crippen LogP contribution is 2.26. The second-order valence-electron chi connectivity index (χ2n) is 3.78. The lowest BCUT2D eigenvalue weighted by atomic mass is 10.4. The highest BCUT2D eigenvalue weighted by Gasteiger charge is 2.14. The van der Waals surface area contributed by atoms with Crippen molar-refractivity contribution in [1.29, 1.82) is 0 Å². The molecule has 0 atom stereocenters. The lowest BCUT2D eigenvalue weighted by Crippen LogP contribution is -2.37. The molecule has 2 amide bonds. The topological polar surface area (TPSA) is 124 Å². The molecule has 0 saturated heterocycles. The van der Waals surface area contributed by atoms with Gasteiger partial charge in [0.25, 0.3) is 5.88 Å². The van der Waals surface area contributed by atoms with Gasteiger partial charge in [-0.15, -0.1) is 0 Å². The van der Waals surface area contributed by atoms with Crippen molar-refractivity contribution in [3.8, 4) is 17.5 Å². The molecule has 8 nitrogen and oxygen atoms in total. The average molecular weight is 269 g/mol. The van der Waals surface area contributed by atoms with E-state index < -0.39 is 12.0 Å². The van der Waals surface area contributed by atoms with Crippen molar-refractivity contribution in [2.24, 2.45) is 5.73 Å². The number of hydrogen-bond donors (Lipinski definition) is 3. The maximum absolute atomic E-state index is 11.3. The molecular weight excluding hydrogens is 254 g/mol. The van der Waals surface area contributed by atoms with Crippen LogP contribution in [0.1, 0.15) is 13.8 Å². The Balaban J connectivity index is 2.76. The van der Waals surface area contributed by atoms with E-state index >= 15 is 0 Å². The summed E-state index contributed by atoms with van der Waals surface area (Å²) >= 11 is 0. The number of nitrogens with two attached hydrogens (primary N) is 1. The summed E-state index contributed by atoms with van der Waals surface area (Å²) < 4.78 is 9.95. The zero-order valence-corrected chi connectivity index (χ0v) is 10.5. The monoisotopic (exact) mass is 269 g/mol. The molecule has 0 aliphatic heterocycles. The number of hydrogen-bond acceptors (Lipinski definition) is 7. The number of nitrogens with zero attached hydrogens (tertiary/aromatic N) is 1. The smallest absolute Gasteiger partial charge is 0.420 e. The van der Waals surface area contributed by atoms with Gasteiger partial charge in [0.2, 0.25) is 11.8 Å². The summed E-state index contributed by atoms with van der Waals surface area (Å²) in [6.45, 7) is 3.23. The predicted molar refractivity (Wildman–Crippen MR) is 64.9 cm³/mol. The Morgan fingerprint density at radius 1 is 1.47 bits per heavy atom. The van der Waals surface area contributed by atoms with E-state index in [2.05, 4.69) is 9.72 Å². The minimum Gasteiger partial charge on any atom is -0.503 e. The maximum atomic E-state index is 11.3. The zero-order chi connectivity index (χ0) is 14.4. The molecule has 4 N–H and O–H groups in total. The molecule has 0 aromatic carbocycles. The standard InChI is InChI=1S/C11H15N3O5/c1-6(2)18-9-4-3-7(15)10(14-9)19-11(17)13-8(16)5-12/h3-4,6,15H,5,12H2,1-2H3,(H,13,16,17). The number of rotatable bonds is 4.